The lowest BCUT2D eigenvalue weighted by Gasteiger charge is -2.13. The number of hydrogen-bond donors (Lipinski definition) is 2. The molecule has 116 valence electrons. The average Bonchev–Trinajstić information content (AvgIpc) is 2.49. The van der Waals surface area contributed by atoms with E-state index in [-0.39, 0.29) is 5.78 Å². The molecule has 0 radical (unpaired) electrons. The number of carbonyl (C=O) groups is 1. The van der Waals surface area contributed by atoms with Gasteiger partial charge >= 0.3 is 0 Å². The standard InChI is InChI=1S/C17H21N3O2/c1-20(2)9-10-22-16-6-4-3-5-13(16)17(21)12-7-8-14(18)15(19)11-12/h3-8,11H,9-10,18-19H2,1-2H3. The van der Waals surface area contributed by atoms with Crippen LogP contribution in [0.15, 0.2) is 42.5 Å². The Morgan fingerprint density at radius 2 is 1.82 bits per heavy atom. The first-order chi connectivity index (χ1) is 10.5. The molecule has 0 bridgehead atoms. The molecule has 0 fully saturated rings. The summed E-state index contributed by atoms with van der Waals surface area (Å²) in [7, 11) is 3.94. The molecule has 22 heavy (non-hydrogen) atoms. The number of nitrogens with two attached hydrogens (primary N) is 2. The quantitative estimate of drug-likeness (QED) is 0.630. The van der Waals surface area contributed by atoms with Gasteiger partial charge in [-0.15, -0.1) is 0 Å². The first-order valence-corrected chi connectivity index (χ1v) is 7.05. The van der Waals surface area contributed by atoms with Crippen LogP contribution in [0.4, 0.5) is 11.4 Å². The highest BCUT2D eigenvalue weighted by atomic mass is 16.5. The number of hydrogen-bond acceptors (Lipinski definition) is 5. The fraction of sp³-hybridized carbons (Fsp3) is 0.235. The van der Waals surface area contributed by atoms with E-state index in [0.29, 0.717) is 34.9 Å². The number of likely N-dealkylation sites (N-methyl/N-ethyl adjacent to an activating group) is 1. The van der Waals surface area contributed by atoms with Crippen LogP contribution < -0.4 is 16.2 Å². The maximum atomic E-state index is 12.6. The molecule has 0 aromatic heterocycles. The molecule has 0 amide bonds. The fourth-order valence-electron chi connectivity index (χ4n) is 1.99. The maximum absolute atomic E-state index is 12.6. The molecule has 2 rings (SSSR count). The van der Waals surface area contributed by atoms with Crippen molar-refractivity contribution in [2.75, 3.05) is 38.7 Å². The molecule has 0 saturated carbocycles. The van der Waals surface area contributed by atoms with Gasteiger partial charge < -0.3 is 21.1 Å². The Morgan fingerprint density at radius 1 is 1.09 bits per heavy atom. The molecule has 0 unspecified atom stereocenters. The van der Waals surface area contributed by atoms with Gasteiger partial charge in [-0.3, -0.25) is 4.79 Å². The molecule has 0 saturated heterocycles. The zero-order valence-corrected chi connectivity index (χ0v) is 12.9. The molecular weight excluding hydrogens is 278 g/mol. The summed E-state index contributed by atoms with van der Waals surface area (Å²) in [5, 5.41) is 0. The van der Waals surface area contributed by atoms with E-state index in [9.17, 15) is 4.79 Å². The van der Waals surface area contributed by atoms with Crippen molar-refractivity contribution in [1.82, 2.24) is 4.90 Å². The van der Waals surface area contributed by atoms with Crippen molar-refractivity contribution >= 4 is 17.2 Å². The summed E-state index contributed by atoms with van der Waals surface area (Å²) in [6.45, 7) is 1.29. The van der Waals surface area contributed by atoms with Crippen molar-refractivity contribution in [3.8, 4) is 5.75 Å². The second-order valence-electron chi connectivity index (χ2n) is 5.32. The number of ether oxygens (including phenoxy) is 1. The lowest BCUT2D eigenvalue weighted by atomic mass is 10.0. The van der Waals surface area contributed by atoms with Gasteiger partial charge in [-0.2, -0.15) is 0 Å². The summed E-state index contributed by atoms with van der Waals surface area (Å²) in [5.41, 5.74) is 13.3. The minimum absolute atomic E-state index is 0.132. The predicted octanol–water partition coefficient (Wildman–Crippen LogP) is 2.02. The van der Waals surface area contributed by atoms with E-state index in [1.54, 1.807) is 30.3 Å². The van der Waals surface area contributed by atoms with Crippen LogP contribution in [0.25, 0.3) is 0 Å². The molecule has 5 nitrogen and oxygen atoms in total. The zero-order chi connectivity index (χ0) is 16.1. The number of anilines is 2. The van der Waals surface area contributed by atoms with Crippen molar-refractivity contribution in [2.24, 2.45) is 0 Å². The highest BCUT2D eigenvalue weighted by Gasteiger charge is 2.15. The number of nitrogens with zero attached hydrogens (tertiary/aromatic N) is 1. The van der Waals surface area contributed by atoms with Crippen LogP contribution in [0, 0.1) is 0 Å². The number of nitrogen functional groups attached to an aromatic ring is 2. The molecule has 0 aliphatic rings. The molecule has 5 heteroatoms. The summed E-state index contributed by atoms with van der Waals surface area (Å²) in [4.78, 5) is 14.7. The van der Waals surface area contributed by atoms with E-state index in [2.05, 4.69) is 0 Å². The number of ketones is 1. The van der Waals surface area contributed by atoms with Gasteiger partial charge in [-0.05, 0) is 44.4 Å². The Morgan fingerprint density at radius 3 is 2.50 bits per heavy atom. The van der Waals surface area contributed by atoms with Crippen molar-refractivity contribution in [1.29, 1.82) is 0 Å². The van der Waals surface area contributed by atoms with Crippen LogP contribution >= 0.6 is 0 Å². The lowest BCUT2D eigenvalue weighted by Crippen LogP contribution is -2.20. The minimum atomic E-state index is -0.132. The van der Waals surface area contributed by atoms with E-state index in [0.717, 1.165) is 6.54 Å². The predicted molar refractivity (Wildman–Crippen MR) is 89.2 cm³/mol. The second kappa shape index (κ2) is 6.95. The number of carbonyl (C=O) groups excluding carboxylic acids is 1. The maximum Gasteiger partial charge on any atom is 0.196 e. The monoisotopic (exact) mass is 299 g/mol. The Balaban J connectivity index is 2.23. The van der Waals surface area contributed by atoms with Gasteiger partial charge in [0.2, 0.25) is 0 Å². The molecular formula is C17H21N3O2. The van der Waals surface area contributed by atoms with Crippen molar-refractivity contribution in [2.45, 2.75) is 0 Å². The van der Waals surface area contributed by atoms with Crippen LogP contribution in [0.2, 0.25) is 0 Å². The van der Waals surface area contributed by atoms with Gasteiger partial charge in [0.1, 0.15) is 12.4 Å². The molecule has 0 atom stereocenters. The largest absolute Gasteiger partial charge is 0.491 e. The Bertz CT molecular complexity index is 669. The van der Waals surface area contributed by atoms with Gasteiger partial charge in [0.25, 0.3) is 0 Å². The van der Waals surface area contributed by atoms with Crippen molar-refractivity contribution in [3.63, 3.8) is 0 Å². The van der Waals surface area contributed by atoms with E-state index in [4.69, 9.17) is 16.2 Å². The summed E-state index contributed by atoms with van der Waals surface area (Å²) < 4.78 is 5.73. The fourth-order valence-corrected chi connectivity index (χ4v) is 1.99. The van der Waals surface area contributed by atoms with E-state index in [1.165, 1.54) is 0 Å². The van der Waals surface area contributed by atoms with Crippen LogP contribution in [-0.4, -0.2) is 37.9 Å². The van der Waals surface area contributed by atoms with Crippen LogP contribution in [0.1, 0.15) is 15.9 Å². The van der Waals surface area contributed by atoms with Gasteiger partial charge in [-0.25, -0.2) is 0 Å². The van der Waals surface area contributed by atoms with Crippen LogP contribution in [0.5, 0.6) is 5.75 Å². The van der Waals surface area contributed by atoms with Crippen molar-refractivity contribution < 1.29 is 9.53 Å². The molecule has 0 aliphatic carbocycles. The third-order valence-electron chi connectivity index (χ3n) is 3.28. The summed E-state index contributed by atoms with van der Waals surface area (Å²) >= 11 is 0. The van der Waals surface area contributed by atoms with Gasteiger partial charge in [0.15, 0.2) is 5.78 Å². The minimum Gasteiger partial charge on any atom is -0.491 e. The third kappa shape index (κ3) is 3.77. The summed E-state index contributed by atoms with van der Waals surface area (Å²) in [6, 6.07) is 12.1. The summed E-state index contributed by atoms with van der Waals surface area (Å²) in [5.74, 6) is 0.442. The smallest absolute Gasteiger partial charge is 0.196 e. The summed E-state index contributed by atoms with van der Waals surface area (Å²) in [6.07, 6.45) is 0. The van der Waals surface area contributed by atoms with E-state index in [1.807, 2.05) is 31.1 Å². The molecule has 0 spiro atoms. The van der Waals surface area contributed by atoms with Gasteiger partial charge in [0, 0.05) is 12.1 Å². The van der Waals surface area contributed by atoms with E-state index >= 15 is 0 Å². The first kappa shape index (κ1) is 15.9. The Labute approximate surface area is 130 Å². The molecule has 0 heterocycles. The van der Waals surface area contributed by atoms with Gasteiger partial charge in [0.05, 0.1) is 16.9 Å². The first-order valence-electron chi connectivity index (χ1n) is 7.05. The number of rotatable bonds is 6. The lowest BCUT2D eigenvalue weighted by molar-refractivity contribution is 0.103. The Kier molecular flexibility index (Phi) is 5.01. The topological polar surface area (TPSA) is 81.6 Å². The highest BCUT2D eigenvalue weighted by molar-refractivity contribution is 6.11. The second-order valence-corrected chi connectivity index (χ2v) is 5.32. The molecule has 0 aliphatic heterocycles. The highest BCUT2D eigenvalue weighted by Crippen LogP contribution is 2.24. The zero-order valence-electron chi connectivity index (χ0n) is 12.9. The molecule has 2 aromatic carbocycles. The number of benzene rings is 2. The Hall–Kier alpha value is -2.53. The van der Waals surface area contributed by atoms with Crippen LogP contribution in [-0.2, 0) is 0 Å². The van der Waals surface area contributed by atoms with E-state index < -0.39 is 0 Å². The molecule has 4 N–H and O–H groups in total. The van der Waals surface area contributed by atoms with Crippen LogP contribution in [0.3, 0.4) is 0 Å². The SMILES string of the molecule is CN(C)CCOc1ccccc1C(=O)c1ccc(N)c(N)c1. The molecule has 2 aromatic rings. The third-order valence-corrected chi connectivity index (χ3v) is 3.28. The van der Waals surface area contributed by atoms with Gasteiger partial charge in [-0.1, -0.05) is 12.1 Å². The normalized spacial score (nSPS) is 10.7. The van der Waals surface area contributed by atoms with Crippen molar-refractivity contribution in [3.05, 3.63) is 53.6 Å². The number of para-hydroxylation sites is 1. The average molecular weight is 299 g/mol.